The van der Waals surface area contributed by atoms with E-state index in [1.54, 1.807) is 0 Å². The summed E-state index contributed by atoms with van der Waals surface area (Å²) in [5, 5.41) is 0. The molecule has 1 fully saturated rings. The summed E-state index contributed by atoms with van der Waals surface area (Å²) >= 11 is 0. The van der Waals surface area contributed by atoms with Gasteiger partial charge in [-0.3, -0.25) is 0 Å². The molecule has 0 radical (unpaired) electrons. The third kappa shape index (κ3) is 3.54. The van der Waals surface area contributed by atoms with Gasteiger partial charge in [-0.1, -0.05) is 66.8 Å². The molecule has 1 saturated heterocycles. The summed E-state index contributed by atoms with van der Waals surface area (Å²) in [6.07, 6.45) is 8.85. The molecule has 2 aliphatic rings. The molecule has 138 valence electrons. The van der Waals surface area contributed by atoms with Gasteiger partial charge in [-0.05, 0) is 68.3 Å². The molecule has 0 N–H and O–H groups in total. The van der Waals surface area contributed by atoms with Gasteiger partial charge in [-0.25, -0.2) is 0 Å². The zero-order chi connectivity index (χ0) is 19.1. The maximum absolute atomic E-state index is 6.14. The van der Waals surface area contributed by atoms with Crippen LogP contribution in [0.5, 0.6) is 0 Å². The van der Waals surface area contributed by atoms with Crippen molar-refractivity contribution in [3.8, 4) is 11.1 Å². The van der Waals surface area contributed by atoms with Crippen LogP contribution in [0.25, 0.3) is 16.7 Å². The smallest absolute Gasteiger partial charge is 0.399 e. The number of benzene rings is 2. The van der Waals surface area contributed by atoms with Crippen molar-refractivity contribution in [1.29, 1.82) is 0 Å². The lowest BCUT2D eigenvalue weighted by atomic mass is 9.78. The van der Waals surface area contributed by atoms with Gasteiger partial charge in [0.2, 0.25) is 0 Å². The van der Waals surface area contributed by atoms with Gasteiger partial charge < -0.3 is 9.31 Å². The van der Waals surface area contributed by atoms with Crippen LogP contribution in [0.1, 0.15) is 46.1 Å². The number of rotatable bonds is 3. The first kappa shape index (κ1) is 18.3. The Labute approximate surface area is 163 Å². The Kier molecular flexibility index (Phi) is 4.61. The van der Waals surface area contributed by atoms with Gasteiger partial charge in [-0.15, -0.1) is 0 Å². The molecular formula is C24H27BO2. The van der Waals surface area contributed by atoms with Crippen LogP contribution in [0.15, 0.2) is 66.8 Å². The second-order valence-electron chi connectivity index (χ2n) is 8.45. The molecule has 0 spiro atoms. The molecule has 0 aromatic heterocycles. The Balaban J connectivity index is 1.51. The predicted octanol–water partition coefficient (Wildman–Crippen LogP) is 5.39. The molecule has 0 bridgehead atoms. The molecule has 1 aliphatic heterocycles. The van der Waals surface area contributed by atoms with Crippen LogP contribution in [0.3, 0.4) is 0 Å². The van der Waals surface area contributed by atoms with Crippen LogP contribution in [-0.2, 0) is 9.31 Å². The van der Waals surface area contributed by atoms with Crippen LogP contribution < -0.4 is 5.46 Å². The van der Waals surface area contributed by atoms with Crippen molar-refractivity contribution in [3.63, 3.8) is 0 Å². The van der Waals surface area contributed by atoms with Crippen LogP contribution in [0.2, 0.25) is 0 Å². The van der Waals surface area contributed by atoms with Gasteiger partial charge in [0.05, 0.1) is 11.2 Å². The summed E-state index contributed by atoms with van der Waals surface area (Å²) in [5.74, 6) is 0. The Bertz CT molecular complexity index is 858. The molecule has 0 atom stereocenters. The Morgan fingerprint density at radius 2 is 1.26 bits per heavy atom. The van der Waals surface area contributed by atoms with E-state index in [0.717, 1.165) is 18.3 Å². The molecule has 1 aliphatic carbocycles. The van der Waals surface area contributed by atoms with Gasteiger partial charge in [-0.2, -0.15) is 0 Å². The molecule has 2 nitrogen and oxygen atoms in total. The van der Waals surface area contributed by atoms with Crippen molar-refractivity contribution in [3.05, 3.63) is 72.3 Å². The zero-order valence-electron chi connectivity index (χ0n) is 16.7. The molecule has 1 heterocycles. The normalized spacial score (nSPS) is 20.6. The number of hydrogen-bond donors (Lipinski definition) is 0. The van der Waals surface area contributed by atoms with E-state index in [9.17, 15) is 0 Å². The third-order valence-corrected chi connectivity index (χ3v) is 6.04. The van der Waals surface area contributed by atoms with Gasteiger partial charge >= 0.3 is 7.12 Å². The first-order valence-corrected chi connectivity index (χ1v) is 9.78. The molecule has 2 aromatic rings. The highest BCUT2D eigenvalue weighted by Gasteiger charge is 2.51. The predicted molar refractivity (Wildman–Crippen MR) is 114 cm³/mol. The monoisotopic (exact) mass is 358 g/mol. The van der Waals surface area contributed by atoms with E-state index in [1.165, 1.54) is 22.3 Å². The quantitative estimate of drug-likeness (QED) is 0.685. The Morgan fingerprint density at radius 3 is 1.78 bits per heavy atom. The molecule has 0 saturated carbocycles. The van der Waals surface area contributed by atoms with E-state index in [4.69, 9.17) is 9.31 Å². The van der Waals surface area contributed by atoms with Crippen LogP contribution in [-0.4, -0.2) is 18.3 Å². The molecule has 2 aromatic carbocycles. The Hall–Kier alpha value is -2.10. The summed E-state index contributed by atoms with van der Waals surface area (Å²) in [6.45, 7) is 8.34. The fourth-order valence-corrected chi connectivity index (χ4v) is 3.53. The van der Waals surface area contributed by atoms with Gasteiger partial charge in [0.25, 0.3) is 0 Å². The highest BCUT2D eigenvalue weighted by molar-refractivity contribution is 6.62. The summed E-state index contributed by atoms with van der Waals surface area (Å²) < 4.78 is 12.3. The summed E-state index contributed by atoms with van der Waals surface area (Å²) in [5.41, 5.74) is 5.61. The second-order valence-corrected chi connectivity index (χ2v) is 8.45. The highest BCUT2D eigenvalue weighted by atomic mass is 16.7. The first-order valence-electron chi connectivity index (χ1n) is 9.78. The van der Waals surface area contributed by atoms with Crippen molar-refractivity contribution < 1.29 is 9.31 Å². The summed E-state index contributed by atoms with van der Waals surface area (Å²) in [4.78, 5) is 0. The largest absolute Gasteiger partial charge is 0.494 e. The minimum Gasteiger partial charge on any atom is -0.399 e. The van der Waals surface area contributed by atoms with Crippen molar-refractivity contribution in [1.82, 2.24) is 0 Å². The van der Waals surface area contributed by atoms with E-state index in [1.807, 2.05) is 0 Å². The first-order chi connectivity index (χ1) is 12.9. The van der Waals surface area contributed by atoms with E-state index in [0.29, 0.717) is 0 Å². The van der Waals surface area contributed by atoms with Gasteiger partial charge in [0, 0.05) is 0 Å². The second kappa shape index (κ2) is 6.81. The lowest BCUT2D eigenvalue weighted by molar-refractivity contribution is 0.00578. The fraction of sp³-hybridized carbons (Fsp3) is 0.333. The highest BCUT2D eigenvalue weighted by Crippen LogP contribution is 2.36. The molecule has 27 heavy (non-hydrogen) atoms. The molecule has 0 unspecified atom stereocenters. The van der Waals surface area contributed by atoms with E-state index >= 15 is 0 Å². The molecule has 3 heteroatoms. The zero-order valence-corrected chi connectivity index (χ0v) is 16.7. The van der Waals surface area contributed by atoms with Crippen LogP contribution in [0, 0.1) is 0 Å². The minimum absolute atomic E-state index is 0.308. The molecule has 4 rings (SSSR count). The van der Waals surface area contributed by atoms with E-state index in [2.05, 4.69) is 94.5 Å². The number of allylic oxidation sites excluding steroid dienone is 4. The SMILES string of the molecule is CC1(C)OB(c2ccc(-c3ccc(C4=CC=CCC4)cc3)cc2)OC1(C)C. The third-order valence-electron chi connectivity index (χ3n) is 6.04. The maximum Gasteiger partial charge on any atom is 0.494 e. The van der Waals surface area contributed by atoms with Crippen molar-refractivity contribution in [2.24, 2.45) is 0 Å². The van der Waals surface area contributed by atoms with Gasteiger partial charge in [0.1, 0.15) is 0 Å². The van der Waals surface area contributed by atoms with Gasteiger partial charge in [0.15, 0.2) is 0 Å². The average Bonchev–Trinajstić information content (AvgIpc) is 2.90. The van der Waals surface area contributed by atoms with Crippen molar-refractivity contribution in [2.45, 2.75) is 51.7 Å². The molecular weight excluding hydrogens is 331 g/mol. The number of hydrogen-bond acceptors (Lipinski definition) is 2. The van der Waals surface area contributed by atoms with E-state index in [-0.39, 0.29) is 18.3 Å². The Morgan fingerprint density at radius 1 is 0.741 bits per heavy atom. The fourth-order valence-electron chi connectivity index (χ4n) is 3.53. The van der Waals surface area contributed by atoms with Crippen LogP contribution in [0.4, 0.5) is 0 Å². The average molecular weight is 358 g/mol. The minimum atomic E-state index is -0.310. The molecule has 0 amide bonds. The van der Waals surface area contributed by atoms with E-state index < -0.39 is 0 Å². The van der Waals surface area contributed by atoms with Crippen LogP contribution >= 0.6 is 0 Å². The topological polar surface area (TPSA) is 18.5 Å². The lowest BCUT2D eigenvalue weighted by Gasteiger charge is -2.32. The maximum atomic E-state index is 6.14. The summed E-state index contributed by atoms with van der Waals surface area (Å²) in [7, 11) is -0.308. The summed E-state index contributed by atoms with van der Waals surface area (Å²) in [6, 6.07) is 17.4. The van der Waals surface area contributed by atoms with Crippen molar-refractivity contribution >= 4 is 18.2 Å². The standard InChI is InChI=1S/C24H27BO2/c1-23(2)24(3,4)27-25(26-23)22-16-14-21(15-17-22)20-12-10-19(11-13-20)18-8-6-5-7-9-18/h5-6,8,10-17H,7,9H2,1-4H3. The lowest BCUT2D eigenvalue weighted by Crippen LogP contribution is -2.41. The van der Waals surface area contributed by atoms with Crippen molar-refractivity contribution in [2.75, 3.05) is 0 Å².